The summed E-state index contributed by atoms with van der Waals surface area (Å²) in [5.41, 5.74) is 11.5. The molecule has 1 fully saturated rings. The molecule has 0 saturated carbocycles. The van der Waals surface area contributed by atoms with E-state index in [9.17, 15) is 34.2 Å². The van der Waals surface area contributed by atoms with Crippen LogP contribution in [0.25, 0.3) is 0 Å². The van der Waals surface area contributed by atoms with E-state index in [0.29, 0.717) is 12.0 Å². The molecule has 4 atom stereocenters. The van der Waals surface area contributed by atoms with Crippen molar-refractivity contribution in [3.05, 3.63) is 29.8 Å². The molecule has 35 heavy (non-hydrogen) atoms. The zero-order chi connectivity index (χ0) is 26.1. The lowest BCUT2D eigenvalue weighted by molar-refractivity contribution is -0.149. The Balaban J connectivity index is 2.25. The van der Waals surface area contributed by atoms with E-state index in [4.69, 9.17) is 11.5 Å². The van der Waals surface area contributed by atoms with Gasteiger partial charge in [0.2, 0.25) is 23.6 Å². The number of aromatic hydroxyl groups is 1. The van der Waals surface area contributed by atoms with Crippen LogP contribution in [0.1, 0.15) is 31.2 Å². The fraction of sp³-hybridized carbons (Fsp3) is 0.500. The number of nitrogens with one attached hydrogen (secondary N) is 2. The first-order valence-electron chi connectivity index (χ1n) is 11.1. The van der Waals surface area contributed by atoms with E-state index in [2.05, 4.69) is 23.3 Å². The lowest BCUT2D eigenvalue weighted by atomic mass is 10.0. The molecule has 4 amide bonds. The number of carbonyl (C=O) groups excluding carboxylic acids is 4. The third-order valence-electron chi connectivity index (χ3n) is 5.66. The van der Waals surface area contributed by atoms with Gasteiger partial charge in [0.05, 0.1) is 6.04 Å². The number of thiol groups is 1. The zero-order valence-electron chi connectivity index (χ0n) is 19.1. The molecule has 1 heterocycles. The Morgan fingerprint density at radius 1 is 1.09 bits per heavy atom. The largest absolute Gasteiger partial charge is 0.508 e. The summed E-state index contributed by atoms with van der Waals surface area (Å²) in [4.78, 5) is 62.8. The summed E-state index contributed by atoms with van der Waals surface area (Å²) in [6.07, 6.45) is 0.412. The maximum Gasteiger partial charge on any atom is 0.326 e. The maximum absolute atomic E-state index is 13.2. The predicted octanol–water partition coefficient (Wildman–Crippen LogP) is -1.50. The summed E-state index contributed by atoms with van der Waals surface area (Å²) in [6.45, 7) is 0.198. The Kier molecular flexibility index (Phi) is 10.3. The van der Waals surface area contributed by atoms with Crippen LogP contribution in [-0.4, -0.2) is 81.2 Å². The molecule has 2 rings (SSSR count). The van der Waals surface area contributed by atoms with Gasteiger partial charge < -0.3 is 37.2 Å². The molecule has 0 spiro atoms. The second kappa shape index (κ2) is 13.0. The smallest absolute Gasteiger partial charge is 0.326 e. The fourth-order valence-electron chi connectivity index (χ4n) is 3.74. The van der Waals surface area contributed by atoms with Crippen LogP contribution in [0, 0.1) is 0 Å². The van der Waals surface area contributed by atoms with Crippen molar-refractivity contribution in [3.8, 4) is 5.75 Å². The lowest BCUT2D eigenvalue weighted by Gasteiger charge is -2.29. The molecule has 8 N–H and O–H groups in total. The van der Waals surface area contributed by atoms with E-state index in [0.717, 1.165) is 0 Å². The molecule has 13 heteroatoms. The number of nitrogens with two attached hydrogens (primary N) is 2. The zero-order valence-corrected chi connectivity index (χ0v) is 19.9. The van der Waals surface area contributed by atoms with Gasteiger partial charge in [-0.15, -0.1) is 0 Å². The number of rotatable bonds is 12. The molecule has 1 saturated heterocycles. The molecular weight excluding hydrogens is 478 g/mol. The van der Waals surface area contributed by atoms with Crippen LogP contribution in [-0.2, 0) is 30.4 Å². The number of nitrogens with zero attached hydrogens (tertiary/aromatic N) is 1. The monoisotopic (exact) mass is 509 g/mol. The number of benzene rings is 1. The van der Waals surface area contributed by atoms with Crippen molar-refractivity contribution in [1.82, 2.24) is 15.5 Å². The third kappa shape index (κ3) is 8.14. The lowest BCUT2D eigenvalue weighted by Crippen LogP contribution is -2.58. The Morgan fingerprint density at radius 2 is 1.71 bits per heavy atom. The summed E-state index contributed by atoms with van der Waals surface area (Å²) in [7, 11) is 0. The van der Waals surface area contributed by atoms with Crippen LogP contribution < -0.4 is 22.1 Å². The molecule has 192 valence electrons. The molecule has 1 aliphatic rings. The van der Waals surface area contributed by atoms with Crippen molar-refractivity contribution >= 4 is 42.2 Å². The molecule has 4 unspecified atom stereocenters. The van der Waals surface area contributed by atoms with Crippen LogP contribution in [0.5, 0.6) is 5.75 Å². The number of likely N-dealkylation sites (tertiary alicyclic amines) is 1. The number of hydrogen-bond acceptors (Lipinski definition) is 8. The van der Waals surface area contributed by atoms with E-state index < -0.39 is 53.8 Å². The first-order valence-corrected chi connectivity index (χ1v) is 11.7. The van der Waals surface area contributed by atoms with Crippen LogP contribution >= 0.6 is 12.6 Å². The minimum atomic E-state index is -1.23. The Labute approximate surface area is 207 Å². The molecule has 1 aromatic carbocycles. The Hall–Kier alpha value is -3.32. The number of phenolic OH excluding ortho intramolecular Hbond substituents is 1. The second-order valence-electron chi connectivity index (χ2n) is 8.31. The number of carboxylic acid groups (broad SMARTS) is 1. The van der Waals surface area contributed by atoms with Gasteiger partial charge >= 0.3 is 5.97 Å². The second-order valence-corrected chi connectivity index (χ2v) is 8.68. The third-order valence-corrected chi connectivity index (χ3v) is 6.05. The SMILES string of the molecule is NC(=O)CCC(NC(=O)C(Cc1ccc(O)cc1)NC(=O)C(N)CS)C(=O)N1CCCC1C(=O)O. The summed E-state index contributed by atoms with van der Waals surface area (Å²) in [5, 5.41) is 24.0. The fourth-order valence-corrected chi connectivity index (χ4v) is 3.91. The maximum atomic E-state index is 13.2. The summed E-state index contributed by atoms with van der Waals surface area (Å²) < 4.78 is 0. The number of amides is 4. The quantitative estimate of drug-likeness (QED) is 0.165. The van der Waals surface area contributed by atoms with Gasteiger partial charge in [0.15, 0.2) is 0 Å². The van der Waals surface area contributed by atoms with Crippen LogP contribution in [0.2, 0.25) is 0 Å². The highest BCUT2D eigenvalue weighted by Gasteiger charge is 2.38. The molecular formula is C22H31N5O7S. The number of primary amides is 1. The normalized spacial score (nSPS) is 17.8. The number of hydrogen-bond donors (Lipinski definition) is 7. The van der Waals surface area contributed by atoms with Crippen molar-refractivity contribution in [2.45, 2.75) is 56.3 Å². The van der Waals surface area contributed by atoms with Crippen molar-refractivity contribution in [2.75, 3.05) is 12.3 Å². The van der Waals surface area contributed by atoms with Crippen molar-refractivity contribution in [2.24, 2.45) is 11.5 Å². The number of carboxylic acids is 1. The van der Waals surface area contributed by atoms with E-state index in [1.165, 1.54) is 17.0 Å². The van der Waals surface area contributed by atoms with Gasteiger partial charge in [-0.3, -0.25) is 19.2 Å². The highest BCUT2D eigenvalue weighted by molar-refractivity contribution is 7.80. The van der Waals surface area contributed by atoms with Crippen LogP contribution in [0.3, 0.4) is 0 Å². The standard InChI is InChI=1S/C22H31N5O7S/c23-14(11-35)19(30)26-16(10-12-3-5-13(28)6-4-12)20(31)25-15(7-8-18(24)29)21(32)27-9-1-2-17(27)22(33)34/h3-6,14-17,28,35H,1-2,7-11,23H2,(H2,24,29)(H,25,31)(H,26,30)(H,33,34). The van der Waals surface area contributed by atoms with Gasteiger partial charge in [-0.2, -0.15) is 12.6 Å². The number of carbonyl (C=O) groups is 5. The molecule has 0 aliphatic carbocycles. The number of aliphatic carboxylic acids is 1. The molecule has 0 aromatic heterocycles. The predicted molar refractivity (Wildman–Crippen MR) is 128 cm³/mol. The average molecular weight is 510 g/mol. The van der Waals surface area contributed by atoms with Crippen molar-refractivity contribution in [1.29, 1.82) is 0 Å². The van der Waals surface area contributed by atoms with E-state index in [-0.39, 0.29) is 43.7 Å². The summed E-state index contributed by atoms with van der Waals surface area (Å²) >= 11 is 3.99. The number of phenols is 1. The molecule has 1 aromatic rings. The topological polar surface area (TPSA) is 205 Å². The molecule has 0 radical (unpaired) electrons. The highest BCUT2D eigenvalue weighted by Crippen LogP contribution is 2.20. The van der Waals surface area contributed by atoms with E-state index in [1.54, 1.807) is 12.1 Å². The first-order chi connectivity index (χ1) is 16.5. The van der Waals surface area contributed by atoms with Gasteiger partial charge in [-0.05, 0) is 37.0 Å². The van der Waals surface area contributed by atoms with Crippen LogP contribution in [0.15, 0.2) is 24.3 Å². The summed E-state index contributed by atoms with van der Waals surface area (Å²) in [6, 6.07) is 1.57. The minimum absolute atomic E-state index is 0.00927. The molecule has 0 bridgehead atoms. The van der Waals surface area contributed by atoms with Gasteiger partial charge in [0, 0.05) is 25.1 Å². The molecule has 1 aliphatic heterocycles. The van der Waals surface area contributed by atoms with Gasteiger partial charge in [0.1, 0.15) is 23.9 Å². The van der Waals surface area contributed by atoms with Gasteiger partial charge in [0.25, 0.3) is 0 Å². The van der Waals surface area contributed by atoms with E-state index in [1.807, 2.05) is 0 Å². The minimum Gasteiger partial charge on any atom is -0.508 e. The van der Waals surface area contributed by atoms with Crippen LogP contribution in [0.4, 0.5) is 0 Å². The van der Waals surface area contributed by atoms with Crippen molar-refractivity contribution in [3.63, 3.8) is 0 Å². The van der Waals surface area contributed by atoms with E-state index >= 15 is 0 Å². The van der Waals surface area contributed by atoms with Crippen molar-refractivity contribution < 1.29 is 34.2 Å². The molecule has 12 nitrogen and oxygen atoms in total. The van der Waals surface area contributed by atoms with Gasteiger partial charge in [-0.25, -0.2) is 4.79 Å². The summed E-state index contributed by atoms with van der Waals surface area (Å²) in [5.74, 6) is -3.81. The Morgan fingerprint density at radius 3 is 2.29 bits per heavy atom. The average Bonchev–Trinajstić information content (AvgIpc) is 3.31. The highest BCUT2D eigenvalue weighted by atomic mass is 32.1. The Bertz CT molecular complexity index is 943. The first kappa shape index (κ1) is 27.9. The van der Waals surface area contributed by atoms with Gasteiger partial charge in [-0.1, -0.05) is 12.1 Å².